The van der Waals surface area contributed by atoms with E-state index < -0.39 is 52.4 Å². The number of nitrogen functional groups attached to an aromatic ring is 1. The van der Waals surface area contributed by atoms with Crippen LogP contribution >= 0.6 is 41.6 Å². The van der Waals surface area contributed by atoms with Crippen LogP contribution in [0.25, 0.3) is 11.2 Å². The first-order valence-corrected chi connectivity index (χ1v) is 17.2. The number of ether oxygens (including phenoxy) is 2. The van der Waals surface area contributed by atoms with Crippen LogP contribution in [0.15, 0.2) is 11.1 Å². The van der Waals surface area contributed by atoms with Gasteiger partial charge in [0.15, 0.2) is 26.8 Å². The molecule has 3 heterocycles. The van der Waals surface area contributed by atoms with E-state index in [2.05, 4.69) is 20.0 Å². The van der Waals surface area contributed by atoms with Crippen molar-refractivity contribution < 1.29 is 33.2 Å². The molecule has 0 aromatic carbocycles. The highest BCUT2D eigenvalue weighted by atomic mass is 35.5. The van der Waals surface area contributed by atoms with Crippen LogP contribution in [0.5, 0.6) is 0 Å². The van der Waals surface area contributed by atoms with E-state index in [4.69, 9.17) is 59.3 Å². The van der Waals surface area contributed by atoms with E-state index >= 15 is 0 Å². The molecule has 2 aromatic heterocycles. The Bertz CT molecular complexity index is 1400. The van der Waals surface area contributed by atoms with Crippen LogP contribution in [-0.4, -0.2) is 83.4 Å². The number of aromatic nitrogens is 4. The Kier molecular flexibility index (Phi) is 11.5. The molecule has 1 aliphatic rings. The summed E-state index contributed by atoms with van der Waals surface area (Å²) >= 11 is 19.8. The molecule has 1 fully saturated rings. The third-order valence-corrected chi connectivity index (χ3v) is 10.5. The van der Waals surface area contributed by atoms with Crippen LogP contribution in [0, 0.1) is 5.41 Å². The number of nitrogens with two attached hydrogens (primary N) is 1. The van der Waals surface area contributed by atoms with Gasteiger partial charge in [-0.05, 0) is 32.6 Å². The van der Waals surface area contributed by atoms with Crippen molar-refractivity contribution in [3.63, 3.8) is 0 Å². The lowest BCUT2D eigenvalue weighted by Gasteiger charge is -2.28. The first kappa shape index (κ1) is 35.2. The summed E-state index contributed by atoms with van der Waals surface area (Å²) in [5, 5.41) is 13.8. The van der Waals surface area contributed by atoms with Crippen molar-refractivity contribution in [2.75, 3.05) is 24.7 Å². The maximum Gasteiger partial charge on any atom is 0.323 e. The summed E-state index contributed by atoms with van der Waals surface area (Å²) in [6, 6.07) is -0.906. The average Bonchev–Trinajstić information content (AvgIpc) is 3.37. The Labute approximate surface area is 261 Å². The fourth-order valence-electron chi connectivity index (χ4n) is 3.64. The molecule has 42 heavy (non-hydrogen) atoms. The van der Waals surface area contributed by atoms with Gasteiger partial charge < -0.3 is 29.4 Å². The lowest BCUT2D eigenvalue weighted by atomic mass is 10.00. The minimum atomic E-state index is -3.44. The first-order valence-electron chi connectivity index (χ1n) is 12.8. The standard InChI is InChI=1S/C23H35Cl2N6O8PS2/c1-11(2)38-18(34)12(3)30-40(41,36-7-8-42-20(35)22(4,5)6)37-9-13-15(32)23(24,25)19(39-13)31-10-27-14-16(31)28-21(26)29-17(14)33/h10-13,15,19,32H,7-9H2,1-6H3,(H,30,41)(H3,26,28,29,33)/t12-,13+,15+,19+,40-/m0/s1. The fourth-order valence-corrected chi connectivity index (χ4v) is 7.50. The molecule has 19 heteroatoms. The van der Waals surface area contributed by atoms with Crippen molar-refractivity contribution in [3.05, 3.63) is 16.7 Å². The number of aliphatic hydroxyl groups excluding tert-OH is 1. The Morgan fingerprint density at radius 1 is 1.36 bits per heavy atom. The SMILES string of the molecule is CC(C)OC(=O)[C@H](C)N[P@](=S)(OCCSC(=O)C(C)(C)C)OC[C@H]1O[C@@H](n2cnc3c(=O)[nH]c(N)nc32)C(Cl)(Cl)[C@@H]1O. The van der Waals surface area contributed by atoms with Gasteiger partial charge in [0.05, 0.1) is 25.6 Å². The van der Waals surface area contributed by atoms with Gasteiger partial charge in [-0.2, -0.15) is 4.98 Å². The first-order chi connectivity index (χ1) is 19.4. The number of aliphatic hydroxyl groups is 1. The predicted octanol–water partition coefficient (Wildman–Crippen LogP) is 2.63. The number of imidazole rings is 1. The minimum Gasteiger partial charge on any atom is -0.462 e. The normalized spacial score (nSPS) is 22.8. The Hall–Kier alpha value is -1.33. The number of rotatable bonds is 12. The lowest BCUT2D eigenvalue weighted by Crippen LogP contribution is -2.39. The molecule has 14 nitrogen and oxygen atoms in total. The Morgan fingerprint density at radius 2 is 2.02 bits per heavy atom. The minimum absolute atomic E-state index is 0.0248. The number of hydrogen-bond donors (Lipinski definition) is 4. The van der Waals surface area contributed by atoms with Gasteiger partial charge in [0, 0.05) is 11.2 Å². The van der Waals surface area contributed by atoms with Gasteiger partial charge in [-0.25, -0.2) is 10.1 Å². The molecule has 2 aromatic rings. The molecule has 0 unspecified atom stereocenters. The molecule has 0 saturated carbocycles. The number of thioether (sulfide) groups is 1. The van der Waals surface area contributed by atoms with Crippen LogP contribution < -0.4 is 16.4 Å². The van der Waals surface area contributed by atoms with Gasteiger partial charge in [-0.15, -0.1) is 0 Å². The summed E-state index contributed by atoms with van der Waals surface area (Å²) in [6.45, 7) is 6.62. The summed E-state index contributed by atoms with van der Waals surface area (Å²) in [7, 11) is 0. The number of esters is 1. The van der Waals surface area contributed by atoms with Gasteiger partial charge in [0.1, 0.15) is 18.2 Å². The van der Waals surface area contributed by atoms with Gasteiger partial charge >= 0.3 is 5.97 Å². The molecule has 5 atom stereocenters. The highest BCUT2D eigenvalue weighted by Gasteiger charge is 2.56. The van der Waals surface area contributed by atoms with Gasteiger partial charge in [-0.1, -0.05) is 55.7 Å². The second-order valence-corrected chi connectivity index (χ2v) is 16.5. The van der Waals surface area contributed by atoms with Crippen LogP contribution in [0.2, 0.25) is 0 Å². The van der Waals surface area contributed by atoms with E-state index in [1.54, 1.807) is 20.8 Å². The molecule has 0 bridgehead atoms. The number of aromatic amines is 1. The van der Waals surface area contributed by atoms with E-state index in [0.717, 1.165) is 11.8 Å². The van der Waals surface area contributed by atoms with Crippen molar-refractivity contribution >= 4 is 81.6 Å². The van der Waals surface area contributed by atoms with Gasteiger partial charge in [0.2, 0.25) is 5.95 Å². The predicted molar refractivity (Wildman–Crippen MR) is 164 cm³/mol. The maximum absolute atomic E-state index is 12.5. The summed E-state index contributed by atoms with van der Waals surface area (Å²) < 4.78 is 22.4. The van der Waals surface area contributed by atoms with Crippen molar-refractivity contribution in [1.82, 2.24) is 24.6 Å². The monoisotopic (exact) mass is 688 g/mol. The second kappa shape index (κ2) is 13.8. The molecule has 236 valence electrons. The fraction of sp³-hybridized carbons (Fsp3) is 0.696. The van der Waals surface area contributed by atoms with E-state index in [1.165, 1.54) is 10.9 Å². The highest BCUT2D eigenvalue weighted by molar-refractivity contribution is 8.13. The number of nitrogens with zero attached hydrogens (tertiary/aromatic N) is 3. The Morgan fingerprint density at radius 3 is 2.64 bits per heavy atom. The van der Waals surface area contributed by atoms with Gasteiger partial charge in [0.25, 0.3) is 12.2 Å². The van der Waals surface area contributed by atoms with Crippen LogP contribution in [-0.2, 0) is 39.9 Å². The number of anilines is 1. The lowest BCUT2D eigenvalue weighted by molar-refractivity contribution is -0.149. The molecule has 0 amide bonds. The molecular weight excluding hydrogens is 654 g/mol. The quantitative estimate of drug-likeness (QED) is 0.110. The Balaban J connectivity index is 1.77. The van der Waals surface area contributed by atoms with E-state index in [-0.39, 0.29) is 47.3 Å². The molecule has 3 rings (SSSR count). The molecule has 0 spiro atoms. The largest absolute Gasteiger partial charge is 0.462 e. The maximum atomic E-state index is 12.5. The number of H-pyrrole nitrogens is 1. The van der Waals surface area contributed by atoms with Crippen molar-refractivity contribution in [3.8, 4) is 0 Å². The van der Waals surface area contributed by atoms with Gasteiger partial charge in [-0.3, -0.25) is 23.9 Å². The second-order valence-electron chi connectivity index (χ2n) is 10.8. The number of carbonyl (C=O) groups excluding carboxylic acids is 2. The topological polar surface area (TPSA) is 193 Å². The van der Waals surface area contributed by atoms with Crippen LogP contribution in [0.3, 0.4) is 0 Å². The highest BCUT2D eigenvalue weighted by Crippen LogP contribution is 2.50. The zero-order valence-electron chi connectivity index (χ0n) is 23.8. The van der Waals surface area contributed by atoms with Crippen molar-refractivity contribution in [2.45, 2.75) is 76.5 Å². The van der Waals surface area contributed by atoms with Crippen molar-refractivity contribution in [2.24, 2.45) is 5.41 Å². The average molecular weight is 690 g/mol. The van der Waals surface area contributed by atoms with E-state index in [9.17, 15) is 19.5 Å². The summed E-state index contributed by atoms with van der Waals surface area (Å²) in [6.07, 6.45) is -3.02. The summed E-state index contributed by atoms with van der Waals surface area (Å²) in [5.74, 6) is -0.459. The molecule has 0 aliphatic carbocycles. The number of nitrogens with one attached hydrogen (secondary N) is 2. The number of fused-ring (bicyclic) bond motifs is 1. The number of halogens is 2. The van der Waals surface area contributed by atoms with Crippen LogP contribution in [0.1, 0.15) is 47.8 Å². The van der Waals surface area contributed by atoms with E-state index in [0.29, 0.717) is 0 Å². The van der Waals surface area contributed by atoms with Crippen LogP contribution in [0.4, 0.5) is 5.95 Å². The van der Waals surface area contributed by atoms with E-state index in [1.807, 2.05) is 20.8 Å². The summed E-state index contributed by atoms with van der Waals surface area (Å²) in [4.78, 5) is 47.4. The third kappa shape index (κ3) is 8.43. The zero-order valence-corrected chi connectivity index (χ0v) is 27.9. The number of carbonyl (C=O) groups is 2. The smallest absolute Gasteiger partial charge is 0.323 e. The number of hydrogen-bond acceptors (Lipinski definition) is 13. The summed E-state index contributed by atoms with van der Waals surface area (Å²) in [5.41, 5.74) is 4.56. The molecule has 1 saturated heterocycles. The number of alkyl halides is 2. The molecule has 1 aliphatic heterocycles. The third-order valence-electron chi connectivity index (χ3n) is 5.74. The molecular formula is C23H35Cl2N6O8PS2. The molecule has 5 N–H and O–H groups in total. The zero-order chi connectivity index (χ0) is 31.6. The van der Waals surface area contributed by atoms with Crippen molar-refractivity contribution in [1.29, 1.82) is 0 Å². The molecule has 0 radical (unpaired) electrons.